The Morgan fingerprint density at radius 1 is 0.267 bits per heavy atom. The van der Waals surface area contributed by atoms with Crippen LogP contribution in [0.1, 0.15) is 96.8 Å². The summed E-state index contributed by atoms with van der Waals surface area (Å²) in [5.41, 5.74) is 0. The van der Waals surface area contributed by atoms with E-state index in [1.165, 1.54) is 83.5 Å². The highest BCUT2D eigenvalue weighted by Crippen LogP contribution is 2.13. The molecule has 0 aliphatic carbocycles. The van der Waals surface area contributed by atoms with E-state index < -0.39 is 8.32 Å². The summed E-state index contributed by atoms with van der Waals surface area (Å²) in [4.78, 5) is 0. The molecule has 0 unspecified atom stereocenters. The number of hydrogen-bond donors (Lipinski definition) is 0. The van der Waals surface area contributed by atoms with E-state index in [0.29, 0.717) is 106 Å². The third kappa shape index (κ3) is 43.9. The predicted molar refractivity (Wildman–Crippen MR) is 186 cm³/mol. The van der Waals surface area contributed by atoms with Crippen molar-refractivity contribution in [2.45, 2.75) is 116 Å². The first kappa shape index (κ1) is 44.9. The van der Waals surface area contributed by atoms with E-state index in [9.17, 15) is 0 Å². The minimum absolute atomic E-state index is 0.542. The Hall–Kier alpha value is -0.143. The Morgan fingerprint density at radius 3 is 0.756 bits per heavy atom. The van der Waals surface area contributed by atoms with Gasteiger partial charge in [0.15, 0.2) is 8.32 Å². The van der Waals surface area contributed by atoms with Crippen LogP contribution in [0.4, 0.5) is 0 Å². The van der Waals surface area contributed by atoms with Crippen molar-refractivity contribution >= 4 is 8.32 Å². The van der Waals surface area contributed by atoms with Gasteiger partial charge >= 0.3 is 0 Å². The van der Waals surface area contributed by atoms with Crippen LogP contribution in [0.15, 0.2) is 0 Å². The maximum atomic E-state index is 5.72. The zero-order valence-corrected chi connectivity index (χ0v) is 31.1. The van der Waals surface area contributed by atoms with Crippen molar-refractivity contribution < 1.29 is 42.3 Å². The van der Waals surface area contributed by atoms with Gasteiger partial charge in [-0.1, -0.05) is 90.4 Å². The molecule has 0 heterocycles. The van der Waals surface area contributed by atoms with Crippen molar-refractivity contribution in [2.24, 2.45) is 0 Å². The molecule has 272 valence electrons. The number of unbranched alkanes of at least 4 members (excludes halogenated alkanes) is 13. The molecule has 0 aliphatic rings. The van der Waals surface area contributed by atoms with Gasteiger partial charge in [-0.3, -0.25) is 0 Å². The van der Waals surface area contributed by atoms with Crippen molar-refractivity contribution in [1.82, 2.24) is 0 Å². The van der Waals surface area contributed by atoms with E-state index in [1.807, 2.05) is 0 Å². The van der Waals surface area contributed by atoms with Crippen LogP contribution in [0, 0.1) is 0 Å². The lowest BCUT2D eigenvalue weighted by Gasteiger charge is -2.16. The highest BCUT2D eigenvalue weighted by molar-refractivity contribution is 6.69. The fourth-order valence-electron chi connectivity index (χ4n) is 4.45. The van der Waals surface area contributed by atoms with Crippen molar-refractivity contribution in [3.63, 3.8) is 0 Å². The third-order valence-corrected chi connectivity index (χ3v) is 8.08. The summed E-state index contributed by atoms with van der Waals surface area (Å²) in [5.74, 6) is 0. The van der Waals surface area contributed by atoms with E-state index in [2.05, 4.69) is 26.6 Å². The van der Waals surface area contributed by atoms with E-state index in [-0.39, 0.29) is 0 Å². The molecular formula is C35H74O9Si. The maximum absolute atomic E-state index is 5.72. The first-order valence-electron chi connectivity index (χ1n) is 18.3. The lowest BCUT2D eigenvalue weighted by atomic mass is 10.0. The molecular weight excluding hydrogens is 592 g/mol. The lowest BCUT2D eigenvalue weighted by Crippen LogP contribution is -2.27. The van der Waals surface area contributed by atoms with Crippen LogP contribution in [0.5, 0.6) is 0 Å². The second kappa shape index (κ2) is 38.3. The minimum Gasteiger partial charge on any atom is -0.415 e. The van der Waals surface area contributed by atoms with Crippen LogP contribution in [0.3, 0.4) is 0 Å². The van der Waals surface area contributed by atoms with Gasteiger partial charge in [-0.25, -0.2) is 0 Å². The normalized spacial score (nSPS) is 12.0. The molecule has 0 aromatic carbocycles. The summed E-state index contributed by atoms with van der Waals surface area (Å²) in [6.07, 6.45) is 19.3. The van der Waals surface area contributed by atoms with Gasteiger partial charge in [-0.05, 0) is 26.1 Å². The SMILES string of the molecule is CCCCCCCCCCCCCCCCOCCOCCOCCOCCOCCOCCOCCOCCO[Si](C)(C)C. The number of hydrogen-bond acceptors (Lipinski definition) is 9. The molecule has 0 saturated carbocycles. The first-order valence-corrected chi connectivity index (χ1v) is 21.7. The van der Waals surface area contributed by atoms with Gasteiger partial charge in [0.1, 0.15) is 0 Å². The van der Waals surface area contributed by atoms with E-state index in [4.69, 9.17) is 42.3 Å². The molecule has 0 amide bonds. The Morgan fingerprint density at radius 2 is 0.489 bits per heavy atom. The molecule has 0 aromatic heterocycles. The van der Waals surface area contributed by atoms with Crippen molar-refractivity contribution in [3.8, 4) is 0 Å². The topological polar surface area (TPSA) is 83.1 Å². The number of rotatable bonds is 40. The van der Waals surface area contributed by atoms with Crippen molar-refractivity contribution in [2.75, 3.05) is 112 Å². The molecule has 0 aromatic rings. The molecule has 0 atom stereocenters. The van der Waals surface area contributed by atoms with Gasteiger partial charge in [-0.2, -0.15) is 0 Å². The summed E-state index contributed by atoms with van der Waals surface area (Å²) < 4.78 is 50.0. The van der Waals surface area contributed by atoms with Gasteiger partial charge in [0.25, 0.3) is 0 Å². The Bertz CT molecular complexity index is 538. The molecule has 0 aliphatic heterocycles. The van der Waals surface area contributed by atoms with E-state index in [1.54, 1.807) is 0 Å². The van der Waals surface area contributed by atoms with Crippen LogP contribution in [-0.2, 0) is 42.3 Å². The third-order valence-electron chi connectivity index (χ3n) is 7.01. The van der Waals surface area contributed by atoms with Crippen LogP contribution in [-0.4, -0.2) is 121 Å². The van der Waals surface area contributed by atoms with E-state index in [0.717, 1.165) is 13.0 Å². The lowest BCUT2D eigenvalue weighted by molar-refractivity contribution is -0.0237. The zero-order chi connectivity index (χ0) is 32.8. The smallest absolute Gasteiger partial charge is 0.183 e. The molecule has 0 bridgehead atoms. The van der Waals surface area contributed by atoms with Gasteiger partial charge < -0.3 is 42.3 Å². The first-order chi connectivity index (χ1) is 22.1. The number of ether oxygens (including phenoxy) is 8. The van der Waals surface area contributed by atoms with E-state index >= 15 is 0 Å². The molecule has 0 radical (unpaired) electrons. The average molecular weight is 667 g/mol. The second-order valence-electron chi connectivity index (χ2n) is 12.5. The van der Waals surface area contributed by atoms with Crippen LogP contribution < -0.4 is 0 Å². The quantitative estimate of drug-likeness (QED) is 0.0489. The van der Waals surface area contributed by atoms with Gasteiger partial charge in [0.05, 0.1) is 106 Å². The molecule has 0 fully saturated rings. The molecule has 45 heavy (non-hydrogen) atoms. The Labute approximate surface area is 279 Å². The summed E-state index contributed by atoms with van der Waals surface area (Å²) in [5, 5.41) is 0. The van der Waals surface area contributed by atoms with Gasteiger partial charge in [0, 0.05) is 6.61 Å². The Kier molecular flexibility index (Phi) is 38.2. The molecule has 0 spiro atoms. The largest absolute Gasteiger partial charge is 0.415 e. The summed E-state index contributed by atoms with van der Waals surface area (Å²) >= 11 is 0. The molecule has 0 rings (SSSR count). The molecule has 10 heteroatoms. The highest BCUT2D eigenvalue weighted by Gasteiger charge is 2.13. The molecule has 0 N–H and O–H groups in total. The highest BCUT2D eigenvalue weighted by atomic mass is 28.4. The predicted octanol–water partition coefficient (Wildman–Crippen LogP) is 7.45. The maximum Gasteiger partial charge on any atom is 0.183 e. The van der Waals surface area contributed by atoms with Crippen LogP contribution >= 0.6 is 0 Å². The van der Waals surface area contributed by atoms with Crippen molar-refractivity contribution in [1.29, 1.82) is 0 Å². The van der Waals surface area contributed by atoms with Gasteiger partial charge in [0.2, 0.25) is 0 Å². The van der Waals surface area contributed by atoms with Gasteiger partial charge in [-0.15, -0.1) is 0 Å². The van der Waals surface area contributed by atoms with Crippen molar-refractivity contribution in [3.05, 3.63) is 0 Å². The molecule has 9 nitrogen and oxygen atoms in total. The summed E-state index contributed by atoms with van der Waals surface area (Å²) in [6, 6.07) is 0. The summed E-state index contributed by atoms with van der Waals surface area (Å²) in [7, 11) is -1.44. The monoisotopic (exact) mass is 667 g/mol. The fourth-order valence-corrected chi connectivity index (χ4v) is 5.14. The standard InChI is InChI=1S/C35H74O9Si/c1-5-6-7-8-9-10-11-12-13-14-15-16-17-18-19-36-20-21-37-22-23-38-24-25-39-26-27-40-28-29-41-30-31-42-32-33-43-34-35-44-45(2,3)4/h5-35H2,1-4H3. The average Bonchev–Trinajstić information content (AvgIpc) is 3.01. The Balaban J connectivity index is 3.05. The zero-order valence-electron chi connectivity index (χ0n) is 30.1. The second-order valence-corrected chi connectivity index (χ2v) is 17.0. The molecule has 0 saturated heterocycles. The fraction of sp³-hybridized carbons (Fsp3) is 1.00. The van der Waals surface area contributed by atoms with Crippen LogP contribution in [0.2, 0.25) is 19.6 Å². The minimum atomic E-state index is -1.44. The summed E-state index contributed by atoms with van der Waals surface area (Å²) in [6.45, 7) is 18.9. The van der Waals surface area contributed by atoms with Crippen LogP contribution in [0.25, 0.3) is 0 Å².